The van der Waals surface area contributed by atoms with E-state index in [1.165, 1.54) is 6.07 Å². The van der Waals surface area contributed by atoms with Gasteiger partial charge < -0.3 is 0 Å². The van der Waals surface area contributed by atoms with Crippen molar-refractivity contribution in [2.24, 2.45) is 0 Å². The number of nitrogens with zero attached hydrogens (tertiary/aromatic N) is 1. The maximum atomic E-state index is 10.6. The zero-order valence-corrected chi connectivity index (χ0v) is 15.9. The maximum absolute atomic E-state index is 10.6. The van der Waals surface area contributed by atoms with Crippen molar-refractivity contribution in [3.8, 4) is 6.07 Å². The SMILES string of the molecule is CS(=O)(=O)C(C#N)=C(S)S.[K].[K]. The van der Waals surface area contributed by atoms with E-state index in [-0.39, 0.29) is 107 Å². The maximum Gasteiger partial charge on any atom is 0.187 e. The second kappa shape index (κ2) is 9.38. The molecule has 2 radical (unpaired) electrons. The molecule has 0 bridgehead atoms. The molecule has 8 heteroatoms. The second-order valence-electron chi connectivity index (χ2n) is 1.54. The summed E-state index contributed by atoms with van der Waals surface area (Å²) < 4.78 is 21.2. The van der Waals surface area contributed by atoms with Crippen LogP contribution < -0.4 is 0 Å². The van der Waals surface area contributed by atoms with E-state index >= 15 is 0 Å². The van der Waals surface area contributed by atoms with Crippen molar-refractivity contribution in [3.63, 3.8) is 0 Å². The van der Waals surface area contributed by atoms with Crippen LogP contribution in [-0.2, 0) is 9.84 Å². The topological polar surface area (TPSA) is 57.9 Å². The molecule has 58 valence electrons. The van der Waals surface area contributed by atoms with E-state index in [1.807, 2.05) is 0 Å². The van der Waals surface area contributed by atoms with Gasteiger partial charge in [-0.3, -0.25) is 0 Å². The van der Waals surface area contributed by atoms with Crippen molar-refractivity contribution >= 4 is 138 Å². The third kappa shape index (κ3) is 8.46. The first-order valence-corrected chi connectivity index (χ1v) is 4.90. The molecule has 0 amide bonds. The number of rotatable bonds is 1. The molecule has 0 aromatic heterocycles. The van der Waals surface area contributed by atoms with Crippen molar-refractivity contribution in [1.29, 1.82) is 5.26 Å². The molecular formula is C4H5K2NO2S3. The Labute approximate surface area is 168 Å². The summed E-state index contributed by atoms with van der Waals surface area (Å²) in [5.41, 5.74) is 0. The van der Waals surface area contributed by atoms with Gasteiger partial charge in [0.25, 0.3) is 0 Å². The van der Waals surface area contributed by atoms with Gasteiger partial charge in [0.15, 0.2) is 14.7 Å². The van der Waals surface area contributed by atoms with Gasteiger partial charge >= 0.3 is 0 Å². The Morgan fingerprint density at radius 3 is 1.67 bits per heavy atom. The molecular weight excluding hydrogens is 268 g/mol. The first-order valence-electron chi connectivity index (χ1n) is 2.12. The summed E-state index contributed by atoms with van der Waals surface area (Å²) in [6.45, 7) is 0. The van der Waals surface area contributed by atoms with E-state index in [0.29, 0.717) is 0 Å². The monoisotopic (exact) mass is 273 g/mol. The summed E-state index contributed by atoms with van der Waals surface area (Å²) in [6, 6.07) is 1.48. The molecule has 0 fully saturated rings. The molecule has 0 rings (SSSR count). The van der Waals surface area contributed by atoms with Gasteiger partial charge in [-0.15, -0.1) is 25.3 Å². The fourth-order valence-electron chi connectivity index (χ4n) is 0.299. The van der Waals surface area contributed by atoms with Crippen molar-refractivity contribution in [2.75, 3.05) is 6.26 Å². The average Bonchev–Trinajstić information content (AvgIpc) is 1.60. The van der Waals surface area contributed by atoms with Gasteiger partial charge in [0, 0.05) is 109 Å². The normalized spacial score (nSPS) is 8.50. The van der Waals surface area contributed by atoms with E-state index in [4.69, 9.17) is 5.26 Å². The Hall–Kier alpha value is 3.15. The molecule has 0 heterocycles. The van der Waals surface area contributed by atoms with Gasteiger partial charge in [-0.2, -0.15) is 5.26 Å². The van der Waals surface area contributed by atoms with Gasteiger partial charge in [0.1, 0.15) is 6.07 Å². The van der Waals surface area contributed by atoms with Gasteiger partial charge in [-0.05, 0) is 0 Å². The Morgan fingerprint density at radius 2 is 1.67 bits per heavy atom. The zero-order valence-electron chi connectivity index (χ0n) is 7.07. The van der Waals surface area contributed by atoms with E-state index in [1.54, 1.807) is 0 Å². The Kier molecular flexibility index (Phi) is 16.1. The van der Waals surface area contributed by atoms with Gasteiger partial charge in [-0.1, -0.05) is 0 Å². The molecule has 0 N–H and O–H groups in total. The fraction of sp³-hybridized carbons (Fsp3) is 0.250. The third-order valence-electron chi connectivity index (χ3n) is 0.675. The number of nitriles is 1. The molecule has 0 aliphatic rings. The van der Waals surface area contributed by atoms with E-state index in [9.17, 15) is 8.42 Å². The first-order chi connectivity index (χ1) is 4.39. The zero-order chi connectivity index (χ0) is 8.36. The summed E-state index contributed by atoms with van der Waals surface area (Å²) in [5.74, 6) is 0. The predicted molar refractivity (Wildman–Crippen MR) is 57.0 cm³/mol. The minimum Gasteiger partial charge on any atom is -0.223 e. The molecule has 0 unspecified atom stereocenters. The van der Waals surface area contributed by atoms with Crippen molar-refractivity contribution in [2.45, 2.75) is 0 Å². The summed E-state index contributed by atoms with van der Waals surface area (Å²) >= 11 is 7.22. The van der Waals surface area contributed by atoms with Crippen LogP contribution in [-0.4, -0.2) is 117 Å². The van der Waals surface area contributed by atoms with Crippen LogP contribution >= 0.6 is 25.3 Å². The molecule has 0 saturated heterocycles. The van der Waals surface area contributed by atoms with Crippen LogP contribution in [0.15, 0.2) is 9.14 Å². The van der Waals surface area contributed by atoms with E-state index in [2.05, 4.69) is 25.3 Å². The number of thiol groups is 2. The molecule has 12 heavy (non-hydrogen) atoms. The average molecular weight is 273 g/mol. The quantitative estimate of drug-likeness (QED) is 0.396. The van der Waals surface area contributed by atoms with Crippen LogP contribution in [0.2, 0.25) is 0 Å². The van der Waals surface area contributed by atoms with Crippen LogP contribution in [0, 0.1) is 11.3 Å². The molecule has 0 spiro atoms. The van der Waals surface area contributed by atoms with Crippen LogP contribution in [0.3, 0.4) is 0 Å². The molecule has 0 atom stereocenters. The predicted octanol–water partition coefficient (Wildman–Crippen LogP) is -0.178. The number of allylic oxidation sites excluding steroid dienone is 1. The van der Waals surface area contributed by atoms with Crippen LogP contribution in [0.25, 0.3) is 0 Å². The molecule has 0 saturated carbocycles. The molecule has 0 aromatic rings. The number of hydrogen-bond acceptors (Lipinski definition) is 5. The summed E-state index contributed by atoms with van der Waals surface area (Å²) in [4.78, 5) is -0.404. The standard InChI is InChI=1S/C4H5NO2S3.2K/c1-10(6,7)3(2-5)4(8)9;;/h8-9H,1H3;;. The van der Waals surface area contributed by atoms with Crippen molar-refractivity contribution in [1.82, 2.24) is 0 Å². The third-order valence-corrected chi connectivity index (χ3v) is 2.46. The van der Waals surface area contributed by atoms with Crippen LogP contribution in [0.1, 0.15) is 0 Å². The second-order valence-corrected chi connectivity index (χ2v) is 4.74. The Balaban J connectivity index is -0.000000405. The molecule has 0 aromatic carbocycles. The van der Waals surface area contributed by atoms with Crippen molar-refractivity contribution in [3.05, 3.63) is 9.14 Å². The van der Waals surface area contributed by atoms with Crippen molar-refractivity contribution < 1.29 is 8.42 Å². The van der Waals surface area contributed by atoms with Crippen LogP contribution in [0.5, 0.6) is 0 Å². The Morgan fingerprint density at radius 1 is 1.33 bits per heavy atom. The molecule has 3 nitrogen and oxygen atoms in total. The Bertz CT molecular complexity index is 299. The summed E-state index contributed by atoms with van der Waals surface area (Å²) in [5, 5.41) is 8.25. The molecule has 0 aliphatic carbocycles. The van der Waals surface area contributed by atoms with Gasteiger partial charge in [0.05, 0.1) is 4.24 Å². The van der Waals surface area contributed by atoms with Gasteiger partial charge in [-0.25, -0.2) is 8.42 Å². The minimum absolute atomic E-state index is 0. The van der Waals surface area contributed by atoms with E-state index in [0.717, 1.165) is 6.26 Å². The number of sulfone groups is 1. The first kappa shape index (κ1) is 20.6. The minimum atomic E-state index is -3.45. The van der Waals surface area contributed by atoms with E-state index < -0.39 is 14.7 Å². The van der Waals surface area contributed by atoms with Crippen LogP contribution in [0.4, 0.5) is 0 Å². The summed E-state index contributed by atoms with van der Waals surface area (Å²) in [6.07, 6.45) is 0.929. The van der Waals surface area contributed by atoms with Gasteiger partial charge in [0.2, 0.25) is 0 Å². The molecule has 0 aliphatic heterocycles. The largest absolute Gasteiger partial charge is 0.223 e. The smallest absolute Gasteiger partial charge is 0.187 e. The fourth-order valence-corrected chi connectivity index (χ4v) is 1.89. The number of hydrogen-bond donors (Lipinski definition) is 2. The summed E-state index contributed by atoms with van der Waals surface area (Å²) in [7, 11) is -3.45.